The number of epoxide rings is 2. The summed E-state index contributed by atoms with van der Waals surface area (Å²) in [7, 11) is 0. The number of hydrogen-bond acceptors (Lipinski definition) is 4. The van der Waals surface area contributed by atoms with E-state index in [9.17, 15) is 0 Å². The van der Waals surface area contributed by atoms with Crippen molar-refractivity contribution < 1.29 is 18.9 Å². The van der Waals surface area contributed by atoms with Crippen LogP contribution in [0.4, 0.5) is 0 Å². The van der Waals surface area contributed by atoms with Gasteiger partial charge in [-0.3, -0.25) is 0 Å². The molecule has 0 aromatic heterocycles. The molecule has 4 nitrogen and oxygen atoms in total. The molecule has 2 fully saturated rings. The highest BCUT2D eigenvalue weighted by molar-refractivity contribution is 5.41. The van der Waals surface area contributed by atoms with Gasteiger partial charge in [0, 0.05) is 11.8 Å². The van der Waals surface area contributed by atoms with Crippen molar-refractivity contribution in [2.45, 2.75) is 37.9 Å². The number of ether oxygens (including phenoxy) is 4. The zero-order valence-electron chi connectivity index (χ0n) is 15.4. The van der Waals surface area contributed by atoms with Gasteiger partial charge in [0.25, 0.3) is 0 Å². The Morgan fingerprint density at radius 2 is 1.31 bits per heavy atom. The van der Waals surface area contributed by atoms with Crippen molar-refractivity contribution in [3.8, 4) is 11.5 Å². The summed E-state index contributed by atoms with van der Waals surface area (Å²) < 4.78 is 21.9. The molecule has 0 spiro atoms. The Balaban J connectivity index is 1.37. The molecule has 0 radical (unpaired) electrons. The summed E-state index contributed by atoms with van der Waals surface area (Å²) in [5, 5.41) is 0. The van der Waals surface area contributed by atoms with Crippen LogP contribution in [0.15, 0.2) is 48.5 Å². The third-order valence-corrected chi connectivity index (χ3v) is 5.10. The fourth-order valence-corrected chi connectivity index (χ4v) is 3.00. The molecule has 0 N–H and O–H groups in total. The first-order valence-electron chi connectivity index (χ1n) is 9.31. The molecule has 0 aliphatic carbocycles. The van der Waals surface area contributed by atoms with E-state index in [0.29, 0.717) is 19.3 Å². The lowest BCUT2D eigenvalue weighted by Gasteiger charge is -2.26. The number of hydrogen-bond donors (Lipinski definition) is 0. The van der Waals surface area contributed by atoms with E-state index < -0.39 is 0 Å². The molecule has 2 aromatic rings. The van der Waals surface area contributed by atoms with Crippen LogP contribution in [0.1, 0.15) is 31.4 Å². The highest BCUT2D eigenvalue weighted by Crippen LogP contribution is 2.33. The quantitative estimate of drug-likeness (QED) is 0.640. The van der Waals surface area contributed by atoms with E-state index in [-0.39, 0.29) is 11.5 Å². The Bertz CT molecular complexity index is 713. The minimum absolute atomic E-state index is 0.0848. The van der Waals surface area contributed by atoms with Gasteiger partial charge in [-0.1, -0.05) is 38.1 Å². The zero-order valence-corrected chi connectivity index (χ0v) is 15.4. The first-order valence-corrected chi connectivity index (χ1v) is 9.31. The molecular formula is C22H26O4. The van der Waals surface area contributed by atoms with Crippen molar-refractivity contribution in [2.75, 3.05) is 26.4 Å². The lowest BCUT2D eigenvalue weighted by molar-refractivity contribution is 0.263. The monoisotopic (exact) mass is 354 g/mol. The lowest BCUT2D eigenvalue weighted by Crippen LogP contribution is -2.18. The summed E-state index contributed by atoms with van der Waals surface area (Å²) >= 11 is 0. The van der Waals surface area contributed by atoms with Crippen LogP contribution in [-0.4, -0.2) is 38.6 Å². The third kappa shape index (κ3) is 4.37. The largest absolute Gasteiger partial charge is 0.493 e. The zero-order chi connectivity index (χ0) is 18.0. The van der Waals surface area contributed by atoms with Gasteiger partial charge in [-0.05, 0) is 35.4 Å². The molecule has 1 unspecified atom stereocenters. The summed E-state index contributed by atoms with van der Waals surface area (Å²) in [6.45, 7) is 7.52. The molecule has 138 valence electrons. The van der Waals surface area contributed by atoms with Crippen LogP contribution in [0.3, 0.4) is 0 Å². The molecule has 26 heavy (non-hydrogen) atoms. The first kappa shape index (κ1) is 17.4. The second-order valence-electron chi connectivity index (χ2n) is 7.53. The molecule has 4 rings (SSSR count). The molecule has 2 heterocycles. The average molecular weight is 354 g/mol. The normalized spacial score (nSPS) is 21.3. The topological polar surface area (TPSA) is 43.5 Å². The summed E-state index contributed by atoms with van der Waals surface area (Å²) in [5.74, 6) is 1.81. The molecule has 0 saturated carbocycles. The van der Waals surface area contributed by atoms with Crippen molar-refractivity contribution in [3.63, 3.8) is 0 Å². The van der Waals surface area contributed by atoms with Crippen LogP contribution in [0.2, 0.25) is 0 Å². The fourth-order valence-electron chi connectivity index (χ4n) is 3.00. The Morgan fingerprint density at radius 3 is 1.81 bits per heavy atom. The van der Waals surface area contributed by atoms with Gasteiger partial charge in [-0.15, -0.1) is 0 Å². The Kier molecular flexibility index (Phi) is 4.88. The maximum absolute atomic E-state index is 5.79. The highest BCUT2D eigenvalue weighted by atomic mass is 16.6. The van der Waals surface area contributed by atoms with Gasteiger partial charge in [0.05, 0.1) is 25.9 Å². The van der Waals surface area contributed by atoms with Crippen molar-refractivity contribution in [1.82, 2.24) is 0 Å². The van der Waals surface area contributed by atoms with E-state index in [1.165, 1.54) is 11.1 Å². The highest BCUT2D eigenvalue weighted by Gasteiger charge is 2.25. The van der Waals surface area contributed by atoms with Crippen molar-refractivity contribution >= 4 is 0 Å². The average Bonchev–Trinajstić information content (AvgIpc) is 3.55. The SMILES string of the molecule is CC(C)(c1ccc(OCCC2CO2)cc1)c1ccc(OC[C@@H]2CO2)cc1. The summed E-state index contributed by atoms with van der Waals surface area (Å²) in [6, 6.07) is 16.8. The van der Waals surface area contributed by atoms with E-state index in [1.54, 1.807) is 0 Å². The molecule has 2 aromatic carbocycles. The van der Waals surface area contributed by atoms with Gasteiger partial charge < -0.3 is 18.9 Å². The van der Waals surface area contributed by atoms with Crippen LogP contribution in [-0.2, 0) is 14.9 Å². The predicted molar refractivity (Wildman–Crippen MR) is 100 cm³/mol. The van der Waals surface area contributed by atoms with Gasteiger partial charge in [-0.2, -0.15) is 0 Å². The molecule has 4 heteroatoms. The molecule has 0 amide bonds. The maximum atomic E-state index is 5.79. The predicted octanol–water partition coefficient (Wildman–Crippen LogP) is 3.96. The van der Waals surface area contributed by atoms with Crippen molar-refractivity contribution in [3.05, 3.63) is 59.7 Å². The van der Waals surface area contributed by atoms with Gasteiger partial charge in [0.15, 0.2) is 0 Å². The lowest BCUT2D eigenvalue weighted by atomic mass is 9.78. The van der Waals surface area contributed by atoms with Crippen LogP contribution in [0.25, 0.3) is 0 Å². The summed E-state index contributed by atoms with van der Waals surface area (Å²) in [6.07, 6.45) is 1.66. The van der Waals surface area contributed by atoms with E-state index in [0.717, 1.165) is 31.1 Å². The van der Waals surface area contributed by atoms with E-state index in [2.05, 4.69) is 50.2 Å². The third-order valence-electron chi connectivity index (χ3n) is 5.10. The minimum atomic E-state index is -0.0848. The van der Waals surface area contributed by atoms with Crippen LogP contribution >= 0.6 is 0 Å². The standard InChI is InChI=1S/C22H26O4/c1-22(2,17-5-9-19(10-6-17)24-14-21-15-26-21)16-3-7-18(8-4-16)23-12-11-20-13-25-20/h3-10,20-21H,11-15H2,1-2H3/t20?,21-/m1/s1. The van der Waals surface area contributed by atoms with Gasteiger partial charge in [0.1, 0.15) is 24.2 Å². The number of benzene rings is 2. The molecule has 2 aliphatic heterocycles. The van der Waals surface area contributed by atoms with E-state index in [4.69, 9.17) is 18.9 Å². The second-order valence-corrected chi connectivity index (χ2v) is 7.53. The molecule has 2 aliphatic rings. The van der Waals surface area contributed by atoms with Crippen molar-refractivity contribution in [1.29, 1.82) is 0 Å². The van der Waals surface area contributed by atoms with Crippen LogP contribution in [0.5, 0.6) is 11.5 Å². The van der Waals surface area contributed by atoms with Gasteiger partial charge >= 0.3 is 0 Å². The van der Waals surface area contributed by atoms with E-state index >= 15 is 0 Å². The second kappa shape index (κ2) is 7.29. The maximum Gasteiger partial charge on any atom is 0.119 e. The Labute approximate surface area is 155 Å². The van der Waals surface area contributed by atoms with E-state index in [1.807, 2.05) is 12.1 Å². The van der Waals surface area contributed by atoms with Crippen LogP contribution < -0.4 is 9.47 Å². The smallest absolute Gasteiger partial charge is 0.119 e. The van der Waals surface area contributed by atoms with Gasteiger partial charge in [-0.25, -0.2) is 0 Å². The first-order chi connectivity index (χ1) is 12.6. The Morgan fingerprint density at radius 1 is 0.808 bits per heavy atom. The fraction of sp³-hybridized carbons (Fsp3) is 0.455. The number of rotatable bonds is 9. The van der Waals surface area contributed by atoms with Crippen LogP contribution in [0, 0.1) is 0 Å². The molecule has 0 bridgehead atoms. The van der Waals surface area contributed by atoms with Crippen molar-refractivity contribution in [2.24, 2.45) is 0 Å². The molecular weight excluding hydrogens is 328 g/mol. The minimum Gasteiger partial charge on any atom is -0.493 e. The molecule has 2 atom stereocenters. The summed E-state index contributed by atoms with van der Waals surface area (Å²) in [4.78, 5) is 0. The summed E-state index contributed by atoms with van der Waals surface area (Å²) in [5.41, 5.74) is 2.43. The Hall–Kier alpha value is -2.04. The molecule has 2 saturated heterocycles. The van der Waals surface area contributed by atoms with Gasteiger partial charge in [0.2, 0.25) is 0 Å².